The Morgan fingerprint density at radius 1 is 1.07 bits per heavy atom. The average Bonchev–Trinajstić information content (AvgIpc) is 2.70. The molecular formula is C22H32Cl2N2O. The predicted octanol–water partition coefficient (Wildman–Crippen LogP) is 5.43. The van der Waals surface area contributed by atoms with Crippen LogP contribution in [-0.4, -0.2) is 47.9 Å². The summed E-state index contributed by atoms with van der Waals surface area (Å²) in [5.41, 5.74) is 1.26. The van der Waals surface area contributed by atoms with Gasteiger partial charge in [0.2, 0.25) is 5.91 Å². The highest BCUT2D eigenvalue weighted by atomic mass is 35.5. The second-order valence-corrected chi connectivity index (χ2v) is 8.86. The molecule has 2 aliphatic heterocycles. The molecule has 3 rings (SSSR count). The minimum atomic E-state index is 0.134. The first-order valence-corrected chi connectivity index (χ1v) is 11.3. The standard InChI is InChI=1S/C22H32Cl2N2O/c1-2-25-13-4-3-8-21(25)22(27)26-14-11-17(12-15-26)6-5-7-18-9-10-19(23)20(24)16-18/h9-10,16-17,21H,2-8,11-15H2,1H3/t21-/m0/s1. The molecule has 0 aliphatic carbocycles. The quantitative estimate of drug-likeness (QED) is 0.623. The molecule has 0 bridgehead atoms. The van der Waals surface area contributed by atoms with Crippen LogP contribution in [0.2, 0.25) is 10.0 Å². The molecule has 2 aliphatic rings. The first-order valence-electron chi connectivity index (χ1n) is 10.5. The summed E-state index contributed by atoms with van der Waals surface area (Å²) in [6.07, 6.45) is 9.20. The number of aryl methyl sites for hydroxylation is 1. The van der Waals surface area contributed by atoms with Crippen LogP contribution in [0.3, 0.4) is 0 Å². The number of rotatable bonds is 6. The number of carbonyl (C=O) groups excluding carboxylic acids is 1. The molecule has 1 amide bonds. The van der Waals surface area contributed by atoms with Crippen molar-refractivity contribution in [3.8, 4) is 0 Å². The van der Waals surface area contributed by atoms with Crippen LogP contribution in [0.1, 0.15) is 57.4 Å². The molecule has 27 heavy (non-hydrogen) atoms. The number of nitrogens with zero attached hydrogens (tertiary/aromatic N) is 2. The van der Waals surface area contributed by atoms with Gasteiger partial charge in [-0.1, -0.05) is 42.6 Å². The maximum Gasteiger partial charge on any atom is 0.239 e. The zero-order chi connectivity index (χ0) is 19.2. The smallest absolute Gasteiger partial charge is 0.239 e. The summed E-state index contributed by atoms with van der Waals surface area (Å²) < 4.78 is 0. The van der Waals surface area contributed by atoms with Crippen molar-refractivity contribution in [3.63, 3.8) is 0 Å². The van der Waals surface area contributed by atoms with Gasteiger partial charge in [-0.2, -0.15) is 0 Å². The fraction of sp³-hybridized carbons (Fsp3) is 0.682. The molecule has 0 unspecified atom stereocenters. The van der Waals surface area contributed by atoms with Crippen molar-refractivity contribution in [2.24, 2.45) is 5.92 Å². The van der Waals surface area contributed by atoms with Gasteiger partial charge < -0.3 is 4.90 Å². The number of hydrogen-bond acceptors (Lipinski definition) is 2. The highest BCUT2D eigenvalue weighted by Gasteiger charge is 2.32. The van der Waals surface area contributed by atoms with Crippen molar-refractivity contribution in [2.45, 2.75) is 64.3 Å². The van der Waals surface area contributed by atoms with Crippen LogP contribution in [0.5, 0.6) is 0 Å². The fourth-order valence-electron chi connectivity index (χ4n) is 4.59. The molecule has 3 nitrogen and oxygen atoms in total. The van der Waals surface area contributed by atoms with Crippen LogP contribution in [0, 0.1) is 5.92 Å². The fourth-order valence-corrected chi connectivity index (χ4v) is 4.91. The lowest BCUT2D eigenvalue weighted by molar-refractivity contribution is -0.139. The Labute approximate surface area is 174 Å². The third-order valence-corrected chi connectivity index (χ3v) is 7.03. The summed E-state index contributed by atoms with van der Waals surface area (Å²) in [6.45, 7) is 6.11. The van der Waals surface area contributed by atoms with Gasteiger partial charge in [0.15, 0.2) is 0 Å². The number of likely N-dealkylation sites (tertiary alicyclic amines) is 2. The van der Waals surface area contributed by atoms with Gasteiger partial charge in [-0.25, -0.2) is 0 Å². The van der Waals surface area contributed by atoms with Gasteiger partial charge in [0.1, 0.15) is 0 Å². The number of halogens is 2. The summed E-state index contributed by atoms with van der Waals surface area (Å²) in [5.74, 6) is 1.12. The van der Waals surface area contributed by atoms with Crippen molar-refractivity contribution in [1.29, 1.82) is 0 Å². The van der Waals surface area contributed by atoms with Crippen molar-refractivity contribution in [1.82, 2.24) is 9.80 Å². The summed E-state index contributed by atoms with van der Waals surface area (Å²) in [7, 11) is 0. The van der Waals surface area contributed by atoms with Crippen LogP contribution in [0.15, 0.2) is 18.2 Å². The van der Waals surface area contributed by atoms with Gasteiger partial charge in [-0.05, 0) is 81.6 Å². The van der Waals surface area contributed by atoms with E-state index in [0.717, 1.165) is 57.8 Å². The van der Waals surface area contributed by atoms with E-state index in [2.05, 4.69) is 22.8 Å². The van der Waals surface area contributed by atoms with Gasteiger partial charge >= 0.3 is 0 Å². The Kier molecular flexibility index (Phi) is 7.86. The van der Waals surface area contributed by atoms with Crippen molar-refractivity contribution in [3.05, 3.63) is 33.8 Å². The van der Waals surface area contributed by atoms with Crippen LogP contribution >= 0.6 is 23.2 Å². The Hall–Kier alpha value is -0.770. The minimum Gasteiger partial charge on any atom is -0.341 e. The third kappa shape index (κ3) is 5.62. The first kappa shape index (κ1) is 21.0. The summed E-state index contributed by atoms with van der Waals surface area (Å²) in [4.78, 5) is 17.5. The molecule has 1 atom stereocenters. The topological polar surface area (TPSA) is 23.6 Å². The zero-order valence-corrected chi connectivity index (χ0v) is 17.9. The minimum absolute atomic E-state index is 0.134. The molecule has 1 aromatic rings. The predicted molar refractivity (Wildman–Crippen MR) is 114 cm³/mol. The van der Waals surface area contributed by atoms with E-state index < -0.39 is 0 Å². The lowest BCUT2D eigenvalue weighted by Gasteiger charge is -2.39. The first-order chi connectivity index (χ1) is 13.1. The van der Waals surface area contributed by atoms with Gasteiger partial charge in [0.25, 0.3) is 0 Å². The van der Waals surface area contributed by atoms with E-state index in [4.69, 9.17) is 23.2 Å². The normalized spacial score (nSPS) is 22.2. The molecule has 2 saturated heterocycles. The van der Waals surface area contributed by atoms with E-state index >= 15 is 0 Å². The number of benzene rings is 1. The Morgan fingerprint density at radius 3 is 2.56 bits per heavy atom. The van der Waals surface area contributed by atoms with E-state index in [1.807, 2.05) is 12.1 Å². The molecule has 0 spiro atoms. The molecule has 1 aromatic carbocycles. The third-order valence-electron chi connectivity index (χ3n) is 6.29. The van der Waals surface area contributed by atoms with Crippen molar-refractivity contribution < 1.29 is 4.79 Å². The molecule has 0 N–H and O–H groups in total. The van der Waals surface area contributed by atoms with Crippen molar-refractivity contribution >= 4 is 29.1 Å². The number of piperidine rings is 2. The molecule has 0 saturated carbocycles. The van der Waals surface area contributed by atoms with Gasteiger partial charge in [0.05, 0.1) is 16.1 Å². The number of hydrogen-bond donors (Lipinski definition) is 0. The SMILES string of the molecule is CCN1CCCC[C@H]1C(=O)N1CCC(CCCc2ccc(Cl)c(Cl)c2)CC1. The van der Waals surface area contributed by atoms with Gasteiger partial charge in [-0.15, -0.1) is 0 Å². The second-order valence-electron chi connectivity index (χ2n) is 8.05. The second kappa shape index (κ2) is 10.1. The number of likely N-dealkylation sites (N-methyl/N-ethyl adjacent to an activating group) is 1. The lowest BCUT2D eigenvalue weighted by Crippen LogP contribution is -2.52. The van der Waals surface area contributed by atoms with E-state index in [-0.39, 0.29) is 6.04 Å². The maximum absolute atomic E-state index is 12.9. The Morgan fingerprint density at radius 2 is 1.85 bits per heavy atom. The Bertz CT molecular complexity index is 629. The molecule has 0 aromatic heterocycles. The monoisotopic (exact) mass is 410 g/mol. The largest absolute Gasteiger partial charge is 0.341 e. The molecule has 2 heterocycles. The lowest BCUT2D eigenvalue weighted by atomic mass is 9.90. The van der Waals surface area contributed by atoms with Crippen molar-refractivity contribution in [2.75, 3.05) is 26.2 Å². The van der Waals surface area contributed by atoms with E-state index in [1.54, 1.807) is 0 Å². The van der Waals surface area contributed by atoms with Crippen LogP contribution in [0.4, 0.5) is 0 Å². The highest BCUT2D eigenvalue weighted by Crippen LogP contribution is 2.27. The number of amides is 1. The average molecular weight is 411 g/mol. The zero-order valence-electron chi connectivity index (χ0n) is 16.4. The molecule has 0 radical (unpaired) electrons. The number of carbonyl (C=O) groups is 1. The molecule has 5 heteroatoms. The molecular weight excluding hydrogens is 379 g/mol. The van der Waals surface area contributed by atoms with E-state index in [9.17, 15) is 4.79 Å². The van der Waals surface area contributed by atoms with Crippen LogP contribution in [0.25, 0.3) is 0 Å². The van der Waals surface area contributed by atoms with E-state index in [1.165, 1.54) is 31.2 Å². The van der Waals surface area contributed by atoms with Crippen LogP contribution < -0.4 is 0 Å². The summed E-state index contributed by atoms with van der Waals surface area (Å²) >= 11 is 12.1. The van der Waals surface area contributed by atoms with Gasteiger partial charge in [0, 0.05) is 13.1 Å². The molecule has 150 valence electrons. The van der Waals surface area contributed by atoms with Crippen LogP contribution in [-0.2, 0) is 11.2 Å². The van der Waals surface area contributed by atoms with Gasteiger partial charge in [-0.3, -0.25) is 9.69 Å². The Balaban J connectivity index is 1.40. The van der Waals surface area contributed by atoms with E-state index in [0.29, 0.717) is 16.0 Å². The summed E-state index contributed by atoms with van der Waals surface area (Å²) in [6, 6.07) is 6.07. The highest BCUT2D eigenvalue weighted by molar-refractivity contribution is 6.42. The summed E-state index contributed by atoms with van der Waals surface area (Å²) in [5, 5.41) is 1.27. The molecule has 2 fully saturated rings. The maximum atomic E-state index is 12.9.